The molecule has 5 atom stereocenters. The molecule has 0 aromatic heterocycles. The number of aryl methyl sites for hydroxylation is 2. The Morgan fingerprint density at radius 2 is 2.00 bits per heavy atom. The lowest BCUT2D eigenvalue weighted by molar-refractivity contribution is -0.154. The number of carbonyl (C=O) groups is 3. The molecule has 7 nitrogen and oxygen atoms in total. The number of carbonyl (C=O) groups excluding carboxylic acids is 3. The maximum Gasteiger partial charge on any atom is 0.323 e. The number of rotatable bonds is 10. The molecular weight excluding hydrogens is 396 g/mol. The Balaban J connectivity index is 1.67. The third-order valence-corrected chi connectivity index (χ3v) is 6.49. The number of ether oxygens (including phenoxy) is 2. The lowest BCUT2D eigenvalue weighted by Gasteiger charge is -2.32. The summed E-state index contributed by atoms with van der Waals surface area (Å²) >= 11 is 0. The third-order valence-electron chi connectivity index (χ3n) is 6.49. The summed E-state index contributed by atoms with van der Waals surface area (Å²) in [5.41, 5.74) is 2.32. The van der Waals surface area contributed by atoms with Gasteiger partial charge in [-0.2, -0.15) is 0 Å². The molecular formula is C24H34N2O5. The van der Waals surface area contributed by atoms with Crippen LogP contribution in [0, 0.1) is 12.8 Å². The average Bonchev–Trinajstić information content (AvgIpc) is 3.33. The molecule has 3 rings (SSSR count). The summed E-state index contributed by atoms with van der Waals surface area (Å²) in [6.07, 6.45) is 4.46. The zero-order chi connectivity index (χ0) is 22.4. The Labute approximate surface area is 184 Å². The van der Waals surface area contributed by atoms with Crippen molar-refractivity contribution in [2.24, 2.45) is 5.92 Å². The zero-order valence-corrected chi connectivity index (χ0v) is 18.7. The lowest BCUT2D eigenvalue weighted by atomic mass is 10.0. The molecule has 1 aromatic rings. The van der Waals surface area contributed by atoms with Gasteiger partial charge < -0.3 is 14.4 Å². The molecule has 0 unspecified atom stereocenters. The fourth-order valence-corrected chi connectivity index (χ4v) is 4.91. The lowest BCUT2D eigenvalue weighted by Crippen LogP contribution is -2.54. The first-order valence-electron chi connectivity index (χ1n) is 11.3. The largest absolute Gasteiger partial charge is 0.465 e. The number of benzene rings is 1. The predicted molar refractivity (Wildman–Crippen MR) is 116 cm³/mol. The maximum absolute atomic E-state index is 13.3. The van der Waals surface area contributed by atoms with Crippen molar-refractivity contribution in [3.8, 4) is 0 Å². The van der Waals surface area contributed by atoms with Gasteiger partial charge in [0.05, 0.1) is 12.6 Å². The van der Waals surface area contributed by atoms with Crippen molar-refractivity contribution in [2.75, 3.05) is 6.61 Å². The third kappa shape index (κ3) is 5.64. The Morgan fingerprint density at radius 1 is 1.26 bits per heavy atom. The van der Waals surface area contributed by atoms with Crippen molar-refractivity contribution in [1.82, 2.24) is 10.2 Å². The summed E-state index contributed by atoms with van der Waals surface area (Å²) in [6, 6.07) is 7.13. The number of likely N-dealkylation sites (tertiary alicyclic amines) is 1. The first-order valence-corrected chi connectivity index (χ1v) is 11.3. The number of fused-ring (bicyclic) bond motifs is 1. The van der Waals surface area contributed by atoms with Gasteiger partial charge in [-0.25, -0.2) is 0 Å². The molecule has 1 aliphatic carbocycles. The summed E-state index contributed by atoms with van der Waals surface area (Å²) < 4.78 is 10.5. The van der Waals surface area contributed by atoms with Gasteiger partial charge >= 0.3 is 5.97 Å². The summed E-state index contributed by atoms with van der Waals surface area (Å²) in [4.78, 5) is 38.6. The van der Waals surface area contributed by atoms with Gasteiger partial charge in [0.2, 0.25) is 5.91 Å². The molecule has 1 aliphatic heterocycles. The van der Waals surface area contributed by atoms with Crippen LogP contribution in [0.4, 0.5) is 0 Å². The molecule has 170 valence electrons. The van der Waals surface area contributed by atoms with Crippen LogP contribution in [0.1, 0.15) is 57.1 Å². The molecule has 1 aromatic carbocycles. The smallest absolute Gasteiger partial charge is 0.323 e. The molecule has 1 heterocycles. The van der Waals surface area contributed by atoms with Crippen LogP contribution < -0.4 is 5.32 Å². The highest BCUT2D eigenvalue weighted by molar-refractivity contribution is 5.84. The van der Waals surface area contributed by atoms with E-state index in [4.69, 9.17) is 9.47 Å². The summed E-state index contributed by atoms with van der Waals surface area (Å²) in [6.45, 7) is 6.28. The van der Waals surface area contributed by atoms with Crippen molar-refractivity contribution in [1.29, 1.82) is 0 Å². The molecule has 1 saturated heterocycles. The van der Waals surface area contributed by atoms with Crippen LogP contribution in [0.2, 0.25) is 0 Å². The molecule has 31 heavy (non-hydrogen) atoms. The second-order valence-electron chi connectivity index (χ2n) is 8.64. The number of esters is 1. The van der Waals surface area contributed by atoms with Crippen LogP contribution in [-0.4, -0.2) is 54.2 Å². The quantitative estimate of drug-likeness (QED) is 0.454. The Kier molecular flexibility index (Phi) is 8.07. The van der Waals surface area contributed by atoms with Crippen molar-refractivity contribution < 1.29 is 23.9 Å². The molecule has 2 fully saturated rings. The van der Waals surface area contributed by atoms with E-state index in [9.17, 15) is 14.4 Å². The SMILES string of the molecule is CCOC(=O)[C@H](CCc1ccc(C)cc1)N[C@@H](C)C(=O)N1[C@H](OC=O)C[C@@H]2CCC[C@@H]21. The Hall–Kier alpha value is -2.41. The van der Waals surface area contributed by atoms with E-state index < -0.39 is 18.3 Å². The summed E-state index contributed by atoms with van der Waals surface area (Å²) in [7, 11) is 0. The van der Waals surface area contributed by atoms with Crippen molar-refractivity contribution in [3.05, 3.63) is 35.4 Å². The van der Waals surface area contributed by atoms with Gasteiger partial charge in [-0.1, -0.05) is 36.2 Å². The number of hydrogen-bond donors (Lipinski definition) is 1. The van der Waals surface area contributed by atoms with Crippen LogP contribution in [0.15, 0.2) is 24.3 Å². The molecule has 0 spiro atoms. The average molecular weight is 431 g/mol. The highest BCUT2D eigenvalue weighted by Gasteiger charge is 2.48. The number of amides is 1. The zero-order valence-electron chi connectivity index (χ0n) is 18.7. The van der Waals surface area contributed by atoms with Gasteiger partial charge in [0.25, 0.3) is 6.47 Å². The minimum atomic E-state index is -0.593. The minimum absolute atomic E-state index is 0.107. The van der Waals surface area contributed by atoms with E-state index >= 15 is 0 Å². The van der Waals surface area contributed by atoms with Crippen molar-refractivity contribution >= 4 is 18.3 Å². The second kappa shape index (κ2) is 10.8. The van der Waals surface area contributed by atoms with Gasteiger partial charge in [0.15, 0.2) is 6.23 Å². The normalized spacial score (nSPS) is 24.4. The number of hydrogen-bond acceptors (Lipinski definition) is 6. The number of nitrogens with one attached hydrogen (secondary N) is 1. The van der Waals surface area contributed by atoms with Gasteiger partial charge in [-0.05, 0) is 57.9 Å². The second-order valence-corrected chi connectivity index (χ2v) is 8.64. The predicted octanol–water partition coefficient (Wildman–Crippen LogP) is 2.74. The summed E-state index contributed by atoms with van der Waals surface area (Å²) in [5.74, 6) is -0.107. The van der Waals surface area contributed by atoms with E-state index in [-0.39, 0.29) is 24.5 Å². The van der Waals surface area contributed by atoms with Gasteiger partial charge in [-0.15, -0.1) is 0 Å². The van der Waals surface area contributed by atoms with E-state index in [1.165, 1.54) is 5.56 Å². The van der Waals surface area contributed by atoms with Gasteiger partial charge in [0, 0.05) is 12.5 Å². The van der Waals surface area contributed by atoms with E-state index in [1.54, 1.807) is 18.7 Å². The van der Waals surface area contributed by atoms with Crippen molar-refractivity contribution in [2.45, 2.75) is 83.6 Å². The van der Waals surface area contributed by atoms with Gasteiger partial charge in [0.1, 0.15) is 6.04 Å². The Bertz CT molecular complexity index is 766. The topological polar surface area (TPSA) is 84.9 Å². The van der Waals surface area contributed by atoms with Crippen LogP contribution in [-0.2, 0) is 30.3 Å². The highest BCUT2D eigenvalue weighted by atomic mass is 16.5. The Morgan fingerprint density at radius 3 is 2.68 bits per heavy atom. The van der Waals surface area contributed by atoms with E-state index in [0.717, 1.165) is 24.8 Å². The van der Waals surface area contributed by atoms with Gasteiger partial charge in [-0.3, -0.25) is 19.7 Å². The molecule has 1 amide bonds. The van der Waals surface area contributed by atoms with Crippen LogP contribution >= 0.6 is 0 Å². The fourth-order valence-electron chi connectivity index (χ4n) is 4.91. The fraction of sp³-hybridized carbons (Fsp3) is 0.625. The first kappa shape index (κ1) is 23.3. The minimum Gasteiger partial charge on any atom is -0.465 e. The van der Waals surface area contributed by atoms with E-state index in [0.29, 0.717) is 31.7 Å². The molecule has 0 radical (unpaired) electrons. The van der Waals surface area contributed by atoms with Crippen LogP contribution in [0.5, 0.6) is 0 Å². The molecule has 1 N–H and O–H groups in total. The molecule has 2 aliphatic rings. The number of nitrogens with zero attached hydrogens (tertiary/aromatic N) is 1. The molecule has 1 saturated carbocycles. The standard InChI is InChI=1S/C24H34N2O5/c1-4-30-24(29)20(13-12-18-10-8-16(2)9-11-18)25-17(3)23(28)26-21-7-5-6-19(21)14-22(26)31-15-27/h8-11,15,17,19-22,25H,4-7,12-14H2,1-3H3/t17-,19-,20-,21-,22+/m0/s1. The van der Waals surface area contributed by atoms with Crippen molar-refractivity contribution in [3.63, 3.8) is 0 Å². The van der Waals surface area contributed by atoms with E-state index in [2.05, 4.69) is 17.4 Å². The molecule has 7 heteroatoms. The summed E-state index contributed by atoms with van der Waals surface area (Å²) in [5, 5.41) is 3.19. The maximum atomic E-state index is 13.3. The molecule has 0 bridgehead atoms. The first-order chi connectivity index (χ1) is 14.9. The van der Waals surface area contributed by atoms with E-state index in [1.807, 2.05) is 19.1 Å². The highest BCUT2D eigenvalue weighted by Crippen LogP contribution is 2.41. The van der Waals surface area contributed by atoms with Crippen LogP contribution in [0.3, 0.4) is 0 Å². The van der Waals surface area contributed by atoms with Crippen LogP contribution in [0.25, 0.3) is 0 Å². The monoisotopic (exact) mass is 430 g/mol.